The van der Waals surface area contributed by atoms with E-state index in [-0.39, 0.29) is 6.71 Å². The second-order valence-corrected chi connectivity index (χ2v) is 8.21. The fourth-order valence-corrected chi connectivity index (χ4v) is 4.77. The van der Waals surface area contributed by atoms with Gasteiger partial charge in [-0.3, -0.25) is 0 Å². The lowest BCUT2D eigenvalue weighted by atomic mass is 9.15. The molecule has 0 aromatic heterocycles. The Bertz CT molecular complexity index is 128. The molecule has 0 aliphatic carbocycles. The second-order valence-electron chi connectivity index (χ2n) is 8.21. The van der Waals surface area contributed by atoms with Gasteiger partial charge < -0.3 is 0 Å². The Labute approximate surface area is 85.6 Å². The van der Waals surface area contributed by atoms with E-state index in [1.807, 2.05) is 0 Å². The highest BCUT2D eigenvalue weighted by Gasteiger charge is 2.35. The molecule has 0 radical (unpaired) electrons. The van der Waals surface area contributed by atoms with E-state index >= 15 is 0 Å². The zero-order valence-electron chi connectivity index (χ0n) is 11.2. The van der Waals surface area contributed by atoms with Crippen LogP contribution in [0.2, 0.25) is 15.9 Å². The molecule has 0 aliphatic heterocycles. The van der Waals surface area contributed by atoms with Gasteiger partial charge in [-0.15, -0.1) is 0 Å². The molecule has 0 saturated carbocycles. The van der Waals surface area contributed by atoms with Crippen LogP contribution in [0.1, 0.15) is 62.3 Å². The monoisotopic (exact) mass is 183 g/mol. The maximum atomic E-state index is 2.39. The van der Waals surface area contributed by atoms with Gasteiger partial charge in [0.1, 0.15) is 0 Å². The van der Waals surface area contributed by atoms with E-state index in [2.05, 4.69) is 62.3 Å². The summed E-state index contributed by atoms with van der Waals surface area (Å²) in [5.41, 5.74) is 0. The molecule has 0 bridgehead atoms. The van der Waals surface area contributed by atoms with Gasteiger partial charge >= 0.3 is 0 Å². The van der Waals surface area contributed by atoms with E-state index in [0.717, 1.165) is 0 Å². The Kier molecular flexibility index (Phi) is 3.35. The van der Waals surface area contributed by atoms with Gasteiger partial charge in [0.05, 0.1) is 0 Å². The Morgan fingerprint density at radius 1 is 0.462 bits per heavy atom. The van der Waals surface area contributed by atoms with Crippen molar-refractivity contribution in [3.8, 4) is 0 Å². The van der Waals surface area contributed by atoms with Crippen molar-refractivity contribution in [2.45, 2.75) is 78.3 Å². The normalized spacial score (nSPS) is 15.2. The molecule has 0 spiro atoms. The Morgan fingerprint density at radius 2 is 0.615 bits per heavy atom. The first-order valence-corrected chi connectivity index (χ1v) is 5.56. The van der Waals surface area contributed by atoms with Crippen molar-refractivity contribution in [3.63, 3.8) is 0 Å². The van der Waals surface area contributed by atoms with Crippen molar-refractivity contribution in [1.29, 1.82) is 0 Å². The van der Waals surface area contributed by atoms with Gasteiger partial charge in [-0.25, -0.2) is 0 Å². The lowest BCUT2D eigenvalue weighted by Gasteiger charge is -2.55. The minimum absolute atomic E-state index is 0.188. The van der Waals surface area contributed by atoms with Gasteiger partial charge in [-0.05, 0) is 6.71 Å². The minimum atomic E-state index is -0.188. The first-order valence-electron chi connectivity index (χ1n) is 5.56. The number of hydrogen-bond acceptors (Lipinski definition) is 0. The third kappa shape index (κ3) is 3.75. The van der Waals surface area contributed by atoms with E-state index < -0.39 is 0 Å². The highest BCUT2D eigenvalue weighted by Crippen LogP contribution is 2.52. The van der Waals surface area contributed by atoms with Crippen LogP contribution in [0.3, 0.4) is 0 Å². The van der Waals surface area contributed by atoms with Crippen LogP contribution >= 0.6 is 0 Å². The molecule has 0 aliphatic rings. The summed E-state index contributed by atoms with van der Waals surface area (Å²) < 4.78 is 0. The molecular formula is C12H28B-. The van der Waals surface area contributed by atoms with Crippen LogP contribution in [0, 0.1) is 0 Å². The zero-order chi connectivity index (χ0) is 11.1. The number of rotatable bonds is 0. The van der Waals surface area contributed by atoms with Crippen LogP contribution in [0.25, 0.3) is 0 Å². The van der Waals surface area contributed by atoms with Crippen LogP contribution in [0.5, 0.6) is 0 Å². The fourth-order valence-electron chi connectivity index (χ4n) is 4.77. The molecule has 80 valence electrons. The van der Waals surface area contributed by atoms with E-state index in [4.69, 9.17) is 0 Å². The molecule has 0 aromatic rings. The molecule has 0 N–H and O–H groups in total. The van der Waals surface area contributed by atoms with E-state index in [1.54, 1.807) is 0 Å². The van der Waals surface area contributed by atoms with Crippen LogP contribution in [0.4, 0.5) is 0 Å². The molecule has 0 nitrogen and oxygen atoms in total. The largest absolute Gasteiger partial charge is 0.165 e. The van der Waals surface area contributed by atoms with Crippen LogP contribution in [-0.2, 0) is 0 Å². The summed E-state index contributed by atoms with van der Waals surface area (Å²) in [4.78, 5) is 0. The second kappa shape index (κ2) is 3.33. The summed E-state index contributed by atoms with van der Waals surface area (Å²) in [7, 11) is 0. The van der Waals surface area contributed by atoms with E-state index in [0.29, 0.717) is 15.9 Å². The van der Waals surface area contributed by atoms with Crippen molar-refractivity contribution >= 4 is 6.71 Å². The molecule has 0 rings (SSSR count). The van der Waals surface area contributed by atoms with Crippen LogP contribution in [0.15, 0.2) is 0 Å². The average Bonchev–Trinajstić information content (AvgIpc) is 1.44. The Hall–Kier alpha value is 0.0649. The standard InChI is InChI=1S/C12H28B/c1-10(2,3)13(11(4,5)6)12(7,8)9/h13H,1-9H3/q-1. The predicted octanol–water partition coefficient (Wildman–Crippen LogP) is 4.61. The topological polar surface area (TPSA) is 0 Å². The van der Waals surface area contributed by atoms with Gasteiger partial charge in [0.15, 0.2) is 0 Å². The summed E-state index contributed by atoms with van der Waals surface area (Å²) in [6.45, 7) is 21.3. The van der Waals surface area contributed by atoms with Crippen molar-refractivity contribution in [2.24, 2.45) is 0 Å². The van der Waals surface area contributed by atoms with Gasteiger partial charge in [0.2, 0.25) is 0 Å². The van der Waals surface area contributed by atoms with Gasteiger partial charge in [-0.2, -0.15) is 15.9 Å². The average molecular weight is 183 g/mol. The maximum Gasteiger partial charge on any atom is -0.0000351 e. The number of hydrogen-bond donors (Lipinski definition) is 0. The highest BCUT2D eigenvalue weighted by molar-refractivity contribution is 6.68. The molecule has 0 atom stereocenters. The Balaban J connectivity index is 5.02. The lowest BCUT2D eigenvalue weighted by Crippen LogP contribution is -2.42. The molecule has 0 unspecified atom stereocenters. The van der Waals surface area contributed by atoms with Gasteiger partial charge in [0.25, 0.3) is 0 Å². The molecule has 0 saturated heterocycles. The molecule has 13 heavy (non-hydrogen) atoms. The fraction of sp³-hybridized carbons (Fsp3) is 1.00. The van der Waals surface area contributed by atoms with Crippen molar-refractivity contribution in [2.75, 3.05) is 0 Å². The zero-order valence-corrected chi connectivity index (χ0v) is 11.2. The van der Waals surface area contributed by atoms with Crippen molar-refractivity contribution in [3.05, 3.63) is 0 Å². The molecule has 0 fully saturated rings. The molecule has 0 aromatic carbocycles. The summed E-state index contributed by atoms with van der Waals surface area (Å²) in [6.07, 6.45) is 0. The quantitative estimate of drug-likeness (QED) is 0.481. The van der Waals surface area contributed by atoms with Crippen LogP contribution < -0.4 is 0 Å². The smallest absolute Gasteiger partial charge is 0.0000351 e. The van der Waals surface area contributed by atoms with Crippen molar-refractivity contribution in [1.82, 2.24) is 0 Å². The summed E-state index contributed by atoms with van der Waals surface area (Å²) in [6, 6.07) is 0. The van der Waals surface area contributed by atoms with E-state index in [1.165, 1.54) is 0 Å². The van der Waals surface area contributed by atoms with Crippen LogP contribution in [-0.4, -0.2) is 6.71 Å². The summed E-state index contributed by atoms with van der Waals surface area (Å²) in [5.74, 6) is 0. The molecule has 1 heteroatoms. The third-order valence-corrected chi connectivity index (χ3v) is 3.18. The van der Waals surface area contributed by atoms with Gasteiger partial charge in [-0.1, -0.05) is 62.3 Å². The lowest BCUT2D eigenvalue weighted by molar-refractivity contribution is 0.568. The highest BCUT2D eigenvalue weighted by atomic mass is 14.2. The first kappa shape index (κ1) is 13.1. The molecule has 0 heterocycles. The predicted molar refractivity (Wildman–Crippen MR) is 66.3 cm³/mol. The van der Waals surface area contributed by atoms with Crippen molar-refractivity contribution < 1.29 is 0 Å². The molecular weight excluding hydrogens is 155 g/mol. The SMILES string of the molecule is CC(C)(C)[BH-](C(C)(C)C)C(C)(C)C. The van der Waals surface area contributed by atoms with Gasteiger partial charge in [0, 0.05) is 0 Å². The summed E-state index contributed by atoms with van der Waals surface area (Å²) >= 11 is 0. The first-order chi connectivity index (χ1) is 5.37. The minimum Gasteiger partial charge on any atom is -0.165 e. The maximum absolute atomic E-state index is 2.39. The summed E-state index contributed by atoms with van der Waals surface area (Å²) in [5, 5.41) is 1.41. The third-order valence-electron chi connectivity index (χ3n) is 3.18. The Morgan fingerprint density at radius 3 is 0.615 bits per heavy atom. The molecule has 0 amide bonds. The van der Waals surface area contributed by atoms with E-state index in [9.17, 15) is 0 Å².